The van der Waals surface area contributed by atoms with Gasteiger partial charge in [-0.3, -0.25) is 4.79 Å². The first-order valence-corrected chi connectivity index (χ1v) is 4.47. The van der Waals surface area contributed by atoms with E-state index in [1.54, 1.807) is 13.8 Å². The molecule has 6 heteroatoms. The second kappa shape index (κ2) is 7.14. The Morgan fingerprint density at radius 3 is 2.36 bits per heavy atom. The van der Waals surface area contributed by atoms with Crippen LogP contribution in [-0.2, 0) is 9.53 Å². The van der Waals surface area contributed by atoms with Crippen LogP contribution in [0.4, 0.5) is 4.79 Å². The summed E-state index contributed by atoms with van der Waals surface area (Å²) < 4.78 is 4.80. The molecule has 0 aromatic heterocycles. The summed E-state index contributed by atoms with van der Waals surface area (Å²) in [7, 11) is 0. The van der Waals surface area contributed by atoms with E-state index in [4.69, 9.17) is 10.5 Å². The molecule has 0 bridgehead atoms. The van der Waals surface area contributed by atoms with Crippen molar-refractivity contribution in [3.05, 3.63) is 0 Å². The van der Waals surface area contributed by atoms with E-state index >= 15 is 0 Å². The molecule has 0 saturated carbocycles. The number of carbonyl (C=O) groups is 2. The summed E-state index contributed by atoms with van der Waals surface area (Å²) in [5.74, 6) is -0.246. The third kappa shape index (κ3) is 7.35. The standard InChI is InChI=1S/C8H17N3O3/c1-6(2)14-8(13)11-4-3-10-7(12)5-9/h6H,3-5,9H2,1-2H3,(H,10,12)(H,11,13). The normalized spacial score (nSPS) is 9.71. The highest BCUT2D eigenvalue weighted by Crippen LogP contribution is 1.86. The number of hydrogen-bond acceptors (Lipinski definition) is 4. The van der Waals surface area contributed by atoms with Crippen LogP contribution in [0.2, 0.25) is 0 Å². The Labute approximate surface area is 83.2 Å². The van der Waals surface area contributed by atoms with Gasteiger partial charge in [-0.2, -0.15) is 0 Å². The van der Waals surface area contributed by atoms with Crippen LogP contribution in [0, 0.1) is 0 Å². The zero-order valence-electron chi connectivity index (χ0n) is 8.50. The van der Waals surface area contributed by atoms with Gasteiger partial charge < -0.3 is 21.1 Å². The van der Waals surface area contributed by atoms with Crippen LogP contribution in [0.5, 0.6) is 0 Å². The lowest BCUT2D eigenvalue weighted by atomic mass is 10.5. The van der Waals surface area contributed by atoms with Crippen molar-refractivity contribution in [3.63, 3.8) is 0 Å². The third-order valence-electron chi connectivity index (χ3n) is 1.24. The Morgan fingerprint density at radius 1 is 1.29 bits per heavy atom. The molecule has 0 aliphatic carbocycles. The summed E-state index contributed by atoms with van der Waals surface area (Å²) in [5.41, 5.74) is 5.06. The number of rotatable bonds is 5. The number of nitrogens with two attached hydrogens (primary N) is 1. The van der Waals surface area contributed by atoms with Gasteiger partial charge in [-0.05, 0) is 13.8 Å². The van der Waals surface area contributed by atoms with Crippen molar-refractivity contribution in [1.82, 2.24) is 10.6 Å². The van der Waals surface area contributed by atoms with E-state index in [1.807, 2.05) is 0 Å². The van der Waals surface area contributed by atoms with Gasteiger partial charge >= 0.3 is 6.09 Å². The van der Waals surface area contributed by atoms with Gasteiger partial charge in [0.05, 0.1) is 12.6 Å². The van der Waals surface area contributed by atoms with Gasteiger partial charge in [-0.25, -0.2) is 4.79 Å². The molecule has 2 amide bonds. The van der Waals surface area contributed by atoms with Crippen LogP contribution in [0.1, 0.15) is 13.8 Å². The molecule has 0 fully saturated rings. The van der Waals surface area contributed by atoms with Crippen LogP contribution in [0.3, 0.4) is 0 Å². The lowest BCUT2D eigenvalue weighted by Gasteiger charge is -2.09. The SMILES string of the molecule is CC(C)OC(=O)NCCNC(=O)CN. The summed E-state index contributed by atoms with van der Waals surface area (Å²) >= 11 is 0. The summed E-state index contributed by atoms with van der Waals surface area (Å²) in [6, 6.07) is 0. The molecule has 14 heavy (non-hydrogen) atoms. The number of hydrogen-bond donors (Lipinski definition) is 3. The molecule has 0 heterocycles. The first kappa shape index (κ1) is 12.7. The Bertz CT molecular complexity index is 194. The monoisotopic (exact) mass is 203 g/mol. The van der Waals surface area contributed by atoms with Crippen LogP contribution >= 0.6 is 0 Å². The molecule has 0 atom stereocenters. The van der Waals surface area contributed by atoms with E-state index in [9.17, 15) is 9.59 Å². The first-order valence-electron chi connectivity index (χ1n) is 4.47. The van der Waals surface area contributed by atoms with Gasteiger partial charge in [-0.15, -0.1) is 0 Å². The minimum atomic E-state index is -0.484. The molecular formula is C8H17N3O3. The fourth-order valence-electron chi connectivity index (χ4n) is 0.694. The molecule has 4 N–H and O–H groups in total. The average Bonchev–Trinajstić information content (AvgIpc) is 2.10. The van der Waals surface area contributed by atoms with Gasteiger partial charge in [0.15, 0.2) is 0 Å². The smallest absolute Gasteiger partial charge is 0.407 e. The average molecular weight is 203 g/mol. The number of carbonyl (C=O) groups excluding carboxylic acids is 2. The van der Waals surface area contributed by atoms with Gasteiger partial charge in [0.2, 0.25) is 5.91 Å². The molecule has 0 saturated heterocycles. The maximum absolute atomic E-state index is 10.9. The largest absolute Gasteiger partial charge is 0.447 e. The molecule has 0 aliphatic rings. The second-order valence-corrected chi connectivity index (χ2v) is 2.93. The zero-order valence-corrected chi connectivity index (χ0v) is 8.50. The molecule has 0 spiro atoms. The highest BCUT2D eigenvalue weighted by Gasteiger charge is 2.03. The lowest BCUT2D eigenvalue weighted by molar-refractivity contribution is -0.119. The van der Waals surface area contributed by atoms with Crippen molar-refractivity contribution >= 4 is 12.0 Å². The van der Waals surface area contributed by atoms with Crippen LogP contribution in [-0.4, -0.2) is 37.7 Å². The van der Waals surface area contributed by atoms with Crippen molar-refractivity contribution in [2.24, 2.45) is 5.73 Å². The van der Waals surface area contributed by atoms with Crippen molar-refractivity contribution < 1.29 is 14.3 Å². The van der Waals surface area contributed by atoms with Crippen molar-refractivity contribution in [2.45, 2.75) is 20.0 Å². The lowest BCUT2D eigenvalue weighted by Crippen LogP contribution is -2.38. The Hall–Kier alpha value is -1.30. The predicted molar refractivity (Wildman–Crippen MR) is 51.7 cm³/mol. The topological polar surface area (TPSA) is 93.5 Å². The number of ether oxygens (including phenoxy) is 1. The van der Waals surface area contributed by atoms with Crippen LogP contribution in [0.15, 0.2) is 0 Å². The van der Waals surface area contributed by atoms with Gasteiger partial charge in [0.25, 0.3) is 0 Å². The van der Waals surface area contributed by atoms with E-state index in [2.05, 4.69) is 10.6 Å². The van der Waals surface area contributed by atoms with E-state index in [0.717, 1.165) is 0 Å². The summed E-state index contributed by atoms with van der Waals surface area (Å²) in [4.78, 5) is 21.6. The molecule has 6 nitrogen and oxygen atoms in total. The van der Waals surface area contributed by atoms with Crippen molar-refractivity contribution in [2.75, 3.05) is 19.6 Å². The van der Waals surface area contributed by atoms with Crippen LogP contribution < -0.4 is 16.4 Å². The Morgan fingerprint density at radius 2 is 1.86 bits per heavy atom. The Balaban J connectivity index is 3.36. The third-order valence-corrected chi connectivity index (χ3v) is 1.24. The van der Waals surface area contributed by atoms with Crippen LogP contribution in [0.25, 0.3) is 0 Å². The quantitative estimate of drug-likeness (QED) is 0.510. The number of amides is 2. The van der Waals surface area contributed by atoms with E-state index in [0.29, 0.717) is 13.1 Å². The maximum atomic E-state index is 10.9. The minimum absolute atomic E-state index is 0.0452. The summed E-state index contributed by atoms with van der Waals surface area (Å²) in [5, 5.41) is 4.98. The molecule has 0 rings (SSSR count). The fourth-order valence-corrected chi connectivity index (χ4v) is 0.694. The number of nitrogens with one attached hydrogen (secondary N) is 2. The van der Waals surface area contributed by atoms with E-state index in [-0.39, 0.29) is 18.6 Å². The summed E-state index contributed by atoms with van der Waals surface area (Å²) in [6.07, 6.45) is -0.629. The highest BCUT2D eigenvalue weighted by atomic mass is 16.6. The molecule has 0 aliphatic heterocycles. The van der Waals surface area contributed by atoms with E-state index < -0.39 is 6.09 Å². The van der Waals surface area contributed by atoms with Crippen molar-refractivity contribution in [3.8, 4) is 0 Å². The van der Waals surface area contributed by atoms with Gasteiger partial charge in [0.1, 0.15) is 0 Å². The van der Waals surface area contributed by atoms with Gasteiger partial charge in [0, 0.05) is 13.1 Å². The first-order chi connectivity index (χ1) is 6.56. The molecule has 0 radical (unpaired) electrons. The molecule has 82 valence electrons. The van der Waals surface area contributed by atoms with Gasteiger partial charge in [-0.1, -0.05) is 0 Å². The fraction of sp³-hybridized carbons (Fsp3) is 0.750. The Kier molecular flexibility index (Phi) is 6.47. The molecule has 0 unspecified atom stereocenters. The minimum Gasteiger partial charge on any atom is -0.447 e. The highest BCUT2D eigenvalue weighted by molar-refractivity contribution is 5.77. The molecular weight excluding hydrogens is 186 g/mol. The predicted octanol–water partition coefficient (Wildman–Crippen LogP) is -0.804. The number of alkyl carbamates (subject to hydrolysis) is 1. The zero-order chi connectivity index (χ0) is 11.0. The van der Waals surface area contributed by atoms with Crippen molar-refractivity contribution in [1.29, 1.82) is 0 Å². The van der Waals surface area contributed by atoms with E-state index in [1.165, 1.54) is 0 Å². The molecule has 0 aromatic carbocycles. The second-order valence-electron chi connectivity index (χ2n) is 2.93. The maximum Gasteiger partial charge on any atom is 0.407 e. The molecule has 0 aromatic rings. The summed E-state index contributed by atoms with van der Waals surface area (Å²) in [6.45, 7) is 4.16.